The fourth-order valence-corrected chi connectivity index (χ4v) is 11.2. The summed E-state index contributed by atoms with van der Waals surface area (Å²) >= 11 is 0. The standard InChI is InChI=1S/C70H137NO5/c1-3-5-7-9-11-13-15-17-40-44-48-52-56-60-64-70(75)76-65-61-57-53-49-45-41-38-36-34-32-30-28-26-24-22-20-18-19-21-23-25-27-29-31-33-35-37-39-43-47-51-55-59-63-69(74)71-67(66-72)68(73)62-58-54-50-46-42-16-14-12-10-8-6-4-2/h22,24,67-68,72-73H,3-21,23,25-66H2,1-2H3,(H,71,74)/b24-22-. The number of allylic oxidation sites excluding steroid dienone is 2. The molecule has 2 unspecified atom stereocenters. The molecule has 0 aliphatic heterocycles. The third-order valence-electron chi connectivity index (χ3n) is 16.6. The number of hydrogen-bond donors (Lipinski definition) is 3. The zero-order valence-electron chi connectivity index (χ0n) is 51.8. The minimum atomic E-state index is -0.660. The van der Waals surface area contributed by atoms with E-state index in [1.165, 1.54) is 327 Å². The molecule has 0 aromatic rings. The predicted octanol–water partition coefficient (Wildman–Crippen LogP) is 22.4. The third kappa shape index (κ3) is 61.8. The smallest absolute Gasteiger partial charge is 0.305 e. The maximum Gasteiger partial charge on any atom is 0.305 e. The first kappa shape index (κ1) is 74.6. The Kier molecular flexibility index (Phi) is 64.9. The fraction of sp³-hybridized carbons (Fsp3) is 0.943. The van der Waals surface area contributed by atoms with E-state index in [0.29, 0.717) is 25.9 Å². The maximum atomic E-state index is 12.5. The highest BCUT2D eigenvalue weighted by atomic mass is 16.5. The molecule has 6 nitrogen and oxygen atoms in total. The molecule has 0 aromatic heterocycles. The third-order valence-corrected chi connectivity index (χ3v) is 16.6. The number of aliphatic hydroxyl groups excluding tert-OH is 2. The van der Waals surface area contributed by atoms with Gasteiger partial charge in [-0.1, -0.05) is 347 Å². The number of rotatable bonds is 66. The van der Waals surface area contributed by atoms with Crippen molar-refractivity contribution in [1.82, 2.24) is 5.32 Å². The van der Waals surface area contributed by atoms with Crippen molar-refractivity contribution in [3.05, 3.63) is 12.2 Å². The Hall–Kier alpha value is -1.40. The summed E-state index contributed by atoms with van der Waals surface area (Å²) in [6, 6.07) is -0.537. The molecule has 0 radical (unpaired) electrons. The van der Waals surface area contributed by atoms with Crippen molar-refractivity contribution in [2.45, 2.75) is 411 Å². The van der Waals surface area contributed by atoms with Crippen LogP contribution < -0.4 is 5.32 Å². The molecule has 0 spiro atoms. The Morgan fingerprint density at radius 2 is 0.618 bits per heavy atom. The summed E-state index contributed by atoms with van der Waals surface area (Å²) in [7, 11) is 0. The quantitative estimate of drug-likeness (QED) is 0.0320. The van der Waals surface area contributed by atoms with Crippen molar-refractivity contribution in [2.24, 2.45) is 0 Å². The van der Waals surface area contributed by atoms with Crippen LogP contribution in [0.5, 0.6) is 0 Å². The highest BCUT2D eigenvalue weighted by Crippen LogP contribution is 2.19. The van der Waals surface area contributed by atoms with Crippen LogP contribution in [0.3, 0.4) is 0 Å². The van der Waals surface area contributed by atoms with Crippen molar-refractivity contribution in [3.8, 4) is 0 Å². The van der Waals surface area contributed by atoms with E-state index in [4.69, 9.17) is 4.74 Å². The summed E-state index contributed by atoms with van der Waals surface area (Å²) in [4.78, 5) is 24.5. The largest absolute Gasteiger partial charge is 0.466 e. The zero-order chi connectivity index (χ0) is 55.0. The van der Waals surface area contributed by atoms with Gasteiger partial charge in [-0.25, -0.2) is 0 Å². The van der Waals surface area contributed by atoms with E-state index < -0.39 is 12.1 Å². The Morgan fingerprint density at radius 1 is 0.355 bits per heavy atom. The zero-order valence-corrected chi connectivity index (χ0v) is 51.8. The summed E-state index contributed by atoms with van der Waals surface area (Å²) in [5, 5.41) is 23.3. The van der Waals surface area contributed by atoms with E-state index in [1.54, 1.807) is 0 Å². The van der Waals surface area contributed by atoms with E-state index in [0.717, 1.165) is 38.5 Å². The van der Waals surface area contributed by atoms with Gasteiger partial charge in [0.1, 0.15) is 0 Å². The van der Waals surface area contributed by atoms with Gasteiger partial charge in [0.25, 0.3) is 0 Å². The van der Waals surface area contributed by atoms with Crippen LogP contribution in [0.4, 0.5) is 0 Å². The molecule has 6 heteroatoms. The minimum absolute atomic E-state index is 0.0217. The van der Waals surface area contributed by atoms with Gasteiger partial charge in [0.15, 0.2) is 0 Å². The maximum absolute atomic E-state index is 12.5. The van der Waals surface area contributed by atoms with Crippen molar-refractivity contribution < 1.29 is 24.5 Å². The van der Waals surface area contributed by atoms with E-state index in [9.17, 15) is 19.8 Å². The second-order valence-electron chi connectivity index (χ2n) is 24.2. The fourth-order valence-electron chi connectivity index (χ4n) is 11.2. The molecule has 452 valence electrons. The Bertz CT molecular complexity index is 1140. The Labute approximate surface area is 476 Å². The molecule has 3 N–H and O–H groups in total. The van der Waals surface area contributed by atoms with Crippen LogP contribution in [-0.4, -0.2) is 47.4 Å². The first-order valence-corrected chi connectivity index (χ1v) is 34.9. The van der Waals surface area contributed by atoms with Gasteiger partial charge in [0, 0.05) is 12.8 Å². The lowest BCUT2D eigenvalue weighted by Gasteiger charge is -2.22. The molecular weight excluding hydrogens is 935 g/mol. The molecular formula is C70H137NO5. The molecule has 0 saturated carbocycles. The number of aliphatic hydroxyl groups is 2. The van der Waals surface area contributed by atoms with Crippen LogP contribution in [0.25, 0.3) is 0 Å². The van der Waals surface area contributed by atoms with Crippen molar-refractivity contribution in [3.63, 3.8) is 0 Å². The SMILES string of the molecule is CCCCCCCCCCCCCCCCC(=O)OCCCCCCCCCCCCCC/C=C\CCCCCCCCCCCCCCCCCCCC(=O)NC(CO)C(O)CCCCCCCCCCCCCC. The summed E-state index contributed by atoms with van der Waals surface area (Å²) in [5.41, 5.74) is 0. The topological polar surface area (TPSA) is 95.9 Å². The first-order chi connectivity index (χ1) is 37.5. The number of hydrogen-bond acceptors (Lipinski definition) is 5. The Morgan fingerprint density at radius 3 is 0.934 bits per heavy atom. The average molecular weight is 1070 g/mol. The van der Waals surface area contributed by atoms with Crippen LogP contribution in [0.2, 0.25) is 0 Å². The van der Waals surface area contributed by atoms with E-state index in [1.807, 2.05) is 0 Å². The highest BCUT2D eigenvalue weighted by molar-refractivity contribution is 5.76. The summed E-state index contributed by atoms with van der Waals surface area (Å²) in [6.07, 6.45) is 81.3. The van der Waals surface area contributed by atoms with Crippen LogP contribution >= 0.6 is 0 Å². The number of unbranched alkanes of at least 4 members (excludes halogenated alkanes) is 53. The Balaban J connectivity index is 3.32. The second kappa shape index (κ2) is 66.1. The average Bonchev–Trinajstić information content (AvgIpc) is 3.42. The molecule has 0 aliphatic rings. The van der Waals surface area contributed by atoms with Crippen LogP contribution in [0.15, 0.2) is 12.2 Å². The summed E-state index contributed by atoms with van der Waals surface area (Å²) < 4.78 is 5.49. The van der Waals surface area contributed by atoms with Gasteiger partial charge >= 0.3 is 5.97 Å². The van der Waals surface area contributed by atoms with Crippen LogP contribution in [0.1, 0.15) is 399 Å². The summed E-state index contributed by atoms with van der Waals surface area (Å²) in [5.74, 6) is -0.00830. The van der Waals surface area contributed by atoms with E-state index in [2.05, 4.69) is 31.3 Å². The monoisotopic (exact) mass is 1070 g/mol. The lowest BCUT2D eigenvalue weighted by atomic mass is 10.0. The lowest BCUT2D eigenvalue weighted by Crippen LogP contribution is -2.45. The van der Waals surface area contributed by atoms with Gasteiger partial charge < -0.3 is 20.3 Å². The van der Waals surface area contributed by atoms with Gasteiger partial charge in [-0.3, -0.25) is 9.59 Å². The molecule has 0 aromatic carbocycles. The van der Waals surface area contributed by atoms with Crippen LogP contribution in [0, 0.1) is 0 Å². The second-order valence-corrected chi connectivity index (χ2v) is 24.2. The first-order valence-electron chi connectivity index (χ1n) is 34.9. The lowest BCUT2D eigenvalue weighted by molar-refractivity contribution is -0.143. The number of carbonyl (C=O) groups is 2. The van der Waals surface area contributed by atoms with E-state index in [-0.39, 0.29) is 18.5 Å². The molecule has 0 bridgehead atoms. The molecule has 0 aliphatic carbocycles. The van der Waals surface area contributed by atoms with Gasteiger partial charge in [-0.15, -0.1) is 0 Å². The van der Waals surface area contributed by atoms with E-state index >= 15 is 0 Å². The van der Waals surface area contributed by atoms with Crippen molar-refractivity contribution in [1.29, 1.82) is 0 Å². The number of amides is 1. The van der Waals surface area contributed by atoms with Gasteiger partial charge in [0.2, 0.25) is 5.91 Å². The summed E-state index contributed by atoms with van der Waals surface area (Å²) in [6.45, 7) is 4.98. The normalized spacial score (nSPS) is 12.5. The van der Waals surface area contributed by atoms with Crippen molar-refractivity contribution in [2.75, 3.05) is 13.2 Å². The predicted molar refractivity (Wildman–Crippen MR) is 333 cm³/mol. The molecule has 1 amide bonds. The molecule has 0 rings (SSSR count). The molecule has 76 heavy (non-hydrogen) atoms. The van der Waals surface area contributed by atoms with Crippen molar-refractivity contribution >= 4 is 11.9 Å². The molecule has 0 saturated heterocycles. The highest BCUT2D eigenvalue weighted by Gasteiger charge is 2.20. The van der Waals surface area contributed by atoms with Gasteiger partial charge in [0.05, 0.1) is 25.4 Å². The van der Waals surface area contributed by atoms with Gasteiger partial charge in [-0.2, -0.15) is 0 Å². The molecule has 0 heterocycles. The number of carbonyl (C=O) groups excluding carboxylic acids is 2. The molecule has 2 atom stereocenters. The number of nitrogens with one attached hydrogen (secondary N) is 1. The number of ether oxygens (including phenoxy) is 1. The van der Waals surface area contributed by atoms with Gasteiger partial charge in [-0.05, 0) is 51.4 Å². The number of esters is 1. The minimum Gasteiger partial charge on any atom is -0.466 e. The molecule has 0 fully saturated rings. The van der Waals surface area contributed by atoms with Crippen LogP contribution in [-0.2, 0) is 14.3 Å².